The van der Waals surface area contributed by atoms with Crippen molar-refractivity contribution in [1.82, 2.24) is 0 Å². The van der Waals surface area contributed by atoms with Gasteiger partial charge in [-0.3, -0.25) is 4.99 Å². The number of nitrogens with two attached hydrogens (primary N) is 1. The molecule has 0 saturated carbocycles. The highest BCUT2D eigenvalue weighted by Crippen LogP contribution is 2.27. The van der Waals surface area contributed by atoms with Gasteiger partial charge in [0.1, 0.15) is 0 Å². The highest BCUT2D eigenvalue weighted by molar-refractivity contribution is 14.0. The summed E-state index contributed by atoms with van der Waals surface area (Å²) >= 11 is 0. The van der Waals surface area contributed by atoms with E-state index >= 15 is 0 Å². The molecule has 2 aromatic rings. The molecule has 0 atom stereocenters. The molecule has 152 valence electrons. The lowest BCUT2D eigenvalue weighted by Gasteiger charge is -2.19. The second kappa shape index (κ2) is 10.8. The monoisotopic (exact) mass is 513 g/mol. The van der Waals surface area contributed by atoms with E-state index in [1.807, 2.05) is 42.5 Å². The average molecular weight is 513 g/mol. The number of anilines is 1. The number of halogens is 1. The molecule has 0 aromatic heterocycles. The van der Waals surface area contributed by atoms with E-state index in [-0.39, 0.29) is 35.5 Å². The lowest BCUT2D eigenvalue weighted by Crippen LogP contribution is -2.24. The van der Waals surface area contributed by atoms with Crippen molar-refractivity contribution in [2.24, 2.45) is 10.7 Å². The predicted molar refractivity (Wildman–Crippen MR) is 127 cm³/mol. The maximum Gasteiger partial charge on any atom is 0.193 e. The van der Waals surface area contributed by atoms with Crippen LogP contribution >= 0.6 is 24.0 Å². The average Bonchev–Trinajstić information content (AvgIpc) is 2.66. The number of nitrogens with one attached hydrogen (secondary N) is 1. The first-order chi connectivity index (χ1) is 13.0. The quantitative estimate of drug-likeness (QED) is 0.255. The van der Waals surface area contributed by atoms with Gasteiger partial charge >= 0.3 is 0 Å². The van der Waals surface area contributed by atoms with Crippen LogP contribution in [0.15, 0.2) is 53.5 Å². The number of nitrogens with zero attached hydrogens (tertiary/aromatic N) is 1. The molecule has 0 saturated heterocycles. The van der Waals surface area contributed by atoms with E-state index < -0.39 is 9.84 Å². The van der Waals surface area contributed by atoms with Gasteiger partial charge in [-0.15, -0.1) is 24.0 Å². The molecule has 1 aliphatic carbocycles. The summed E-state index contributed by atoms with van der Waals surface area (Å²) in [5, 5.41) is 3.19. The van der Waals surface area contributed by atoms with E-state index in [1.54, 1.807) is 0 Å². The van der Waals surface area contributed by atoms with Gasteiger partial charge in [-0.1, -0.05) is 42.5 Å². The largest absolute Gasteiger partial charge is 0.370 e. The summed E-state index contributed by atoms with van der Waals surface area (Å²) in [5.41, 5.74) is 10.5. The first-order valence-corrected chi connectivity index (χ1v) is 11.3. The van der Waals surface area contributed by atoms with Crippen molar-refractivity contribution in [1.29, 1.82) is 0 Å². The van der Waals surface area contributed by atoms with Crippen molar-refractivity contribution >= 4 is 45.5 Å². The topological polar surface area (TPSA) is 84.5 Å². The van der Waals surface area contributed by atoms with E-state index in [1.165, 1.54) is 24.0 Å². The Kier molecular flexibility index (Phi) is 8.75. The number of rotatable bonds is 7. The molecule has 7 heteroatoms. The fourth-order valence-electron chi connectivity index (χ4n) is 3.46. The van der Waals surface area contributed by atoms with Crippen molar-refractivity contribution in [3.05, 3.63) is 65.2 Å². The van der Waals surface area contributed by atoms with Gasteiger partial charge in [0.15, 0.2) is 15.8 Å². The van der Waals surface area contributed by atoms with Gasteiger partial charge in [-0.05, 0) is 54.9 Å². The first kappa shape index (κ1) is 22.7. The van der Waals surface area contributed by atoms with Crippen molar-refractivity contribution < 1.29 is 8.42 Å². The maximum atomic E-state index is 12.2. The van der Waals surface area contributed by atoms with Gasteiger partial charge < -0.3 is 11.1 Å². The molecule has 0 fully saturated rings. The number of aryl methyl sites for hydroxylation is 1. The summed E-state index contributed by atoms with van der Waals surface area (Å²) in [7, 11) is -3.13. The van der Waals surface area contributed by atoms with Crippen LogP contribution in [0.2, 0.25) is 0 Å². The Hall–Kier alpha value is -1.61. The zero-order chi connectivity index (χ0) is 19.1. The molecular weight excluding hydrogens is 485 g/mol. The molecule has 0 heterocycles. The third-order valence-electron chi connectivity index (χ3n) is 4.78. The Morgan fingerprint density at radius 1 is 1.04 bits per heavy atom. The van der Waals surface area contributed by atoms with Crippen molar-refractivity contribution in [2.75, 3.05) is 17.6 Å². The first-order valence-electron chi connectivity index (χ1n) is 9.45. The standard InChI is InChI=1S/C21H27N3O2S.HI/c22-21(24-20-13-6-11-18-10-4-5-12-19(18)20)23-14-7-15-27(25,26)16-17-8-2-1-3-9-17;/h1-3,6,8-9,11,13H,4-5,7,10,12,14-16H2,(H3,22,23,24);1H. The molecule has 0 aliphatic heterocycles. The minimum Gasteiger partial charge on any atom is -0.370 e. The van der Waals surface area contributed by atoms with Gasteiger partial charge in [0.05, 0.1) is 11.5 Å². The van der Waals surface area contributed by atoms with E-state index in [2.05, 4.69) is 16.4 Å². The number of guanidine groups is 1. The van der Waals surface area contributed by atoms with Crippen molar-refractivity contribution in [3.63, 3.8) is 0 Å². The highest BCUT2D eigenvalue weighted by Gasteiger charge is 2.13. The lowest BCUT2D eigenvalue weighted by molar-refractivity contribution is 0.593. The van der Waals surface area contributed by atoms with Crippen LogP contribution in [-0.4, -0.2) is 26.7 Å². The highest BCUT2D eigenvalue weighted by atomic mass is 127. The second-order valence-corrected chi connectivity index (χ2v) is 9.16. The van der Waals surface area contributed by atoms with Crippen LogP contribution in [-0.2, 0) is 28.4 Å². The summed E-state index contributed by atoms with van der Waals surface area (Å²) in [6, 6.07) is 15.5. The molecule has 3 N–H and O–H groups in total. The minimum atomic E-state index is -3.13. The van der Waals surface area contributed by atoms with Gasteiger partial charge in [0.25, 0.3) is 0 Å². The molecule has 0 radical (unpaired) electrons. The molecular formula is C21H28IN3O2S. The van der Waals surface area contributed by atoms with E-state index in [9.17, 15) is 8.42 Å². The smallest absolute Gasteiger partial charge is 0.193 e. The number of hydrogen-bond donors (Lipinski definition) is 2. The third-order valence-corrected chi connectivity index (χ3v) is 6.47. The van der Waals surface area contributed by atoms with Crippen molar-refractivity contribution in [2.45, 2.75) is 37.9 Å². The predicted octanol–water partition coefficient (Wildman–Crippen LogP) is 3.92. The summed E-state index contributed by atoms with van der Waals surface area (Å²) < 4.78 is 24.4. The van der Waals surface area contributed by atoms with E-state index in [0.29, 0.717) is 18.9 Å². The van der Waals surface area contributed by atoms with Crippen LogP contribution in [0.25, 0.3) is 0 Å². The Balaban J connectivity index is 0.00000280. The Bertz CT molecular complexity index is 899. The number of fused-ring (bicyclic) bond motifs is 1. The Morgan fingerprint density at radius 2 is 1.79 bits per heavy atom. The summed E-state index contributed by atoms with van der Waals surface area (Å²) in [5.74, 6) is 0.523. The van der Waals surface area contributed by atoms with Crippen LogP contribution in [0, 0.1) is 0 Å². The molecule has 3 rings (SSSR count). The second-order valence-electron chi connectivity index (χ2n) is 6.97. The Labute approximate surface area is 184 Å². The molecule has 0 bridgehead atoms. The molecule has 5 nitrogen and oxygen atoms in total. The van der Waals surface area contributed by atoms with Crippen LogP contribution < -0.4 is 11.1 Å². The maximum absolute atomic E-state index is 12.2. The van der Waals surface area contributed by atoms with Gasteiger partial charge in [-0.25, -0.2) is 8.42 Å². The summed E-state index contributed by atoms with van der Waals surface area (Å²) in [4.78, 5) is 4.30. The molecule has 0 spiro atoms. The van der Waals surface area contributed by atoms with Gasteiger partial charge in [0, 0.05) is 12.2 Å². The molecule has 0 amide bonds. The minimum absolute atomic E-state index is 0. The van der Waals surface area contributed by atoms with Crippen LogP contribution in [0.1, 0.15) is 36.0 Å². The SMILES string of the molecule is I.NC(=NCCCS(=O)(=O)Cc1ccccc1)Nc1cccc2c1CCCC2. The number of sulfone groups is 1. The zero-order valence-corrected chi connectivity index (χ0v) is 19.1. The van der Waals surface area contributed by atoms with Gasteiger partial charge in [-0.2, -0.15) is 0 Å². The van der Waals surface area contributed by atoms with Crippen LogP contribution in [0.3, 0.4) is 0 Å². The van der Waals surface area contributed by atoms with E-state index in [4.69, 9.17) is 5.73 Å². The third kappa shape index (κ3) is 6.77. The van der Waals surface area contributed by atoms with Crippen LogP contribution in [0.5, 0.6) is 0 Å². The molecule has 28 heavy (non-hydrogen) atoms. The number of aliphatic imine (C=N–C) groups is 1. The fourth-order valence-corrected chi connectivity index (χ4v) is 4.87. The lowest BCUT2D eigenvalue weighted by atomic mass is 9.90. The van der Waals surface area contributed by atoms with Crippen LogP contribution in [0.4, 0.5) is 5.69 Å². The molecule has 1 aliphatic rings. The zero-order valence-electron chi connectivity index (χ0n) is 15.9. The Morgan fingerprint density at radius 3 is 2.57 bits per heavy atom. The number of benzene rings is 2. The van der Waals surface area contributed by atoms with E-state index in [0.717, 1.165) is 24.1 Å². The summed E-state index contributed by atoms with van der Waals surface area (Å²) in [6.45, 7) is 0.391. The van der Waals surface area contributed by atoms with Gasteiger partial charge in [0.2, 0.25) is 0 Å². The fraction of sp³-hybridized carbons (Fsp3) is 0.381. The number of hydrogen-bond acceptors (Lipinski definition) is 3. The molecule has 0 unspecified atom stereocenters. The summed E-state index contributed by atoms with van der Waals surface area (Å²) in [6.07, 6.45) is 5.06. The molecule has 2 aromatic carbocycles. The van der Waals surface area contributed by atoms with Crippen molar-refractivity contribution in [3.8, 4) is 0 Å². The normalized spacial score (nSPS) is 14.1.